The summed E-state index contributed by atoms with van der Waals surface area (Å²) in [6.07, 6.45) is 4.54. The van der Waals surface area contributed by atoms with Crippen LogP contribution in [0.4, 0.5) is 0 Å². The molecular formula is C20H27N3O2. The molecule has 1 heterocycles. The van der Waals surface area contributed by atoms with Crippen LogP contribution in [0.1, 0.15) is 48.8 Å². The molecule has 0 saturated heterocycles. The Morgan fingerprint density at radius 2 is 2.12 bits per heavy atom. The van der Waals surface area contributed by atoms with Gasteiger partial charge in [-0.2, -0.15) is 0 Å². The van der Waals surface area contributed by atoms with E-state index in [-0.39, 0.29) is 5.91 Å². The van der Waals surface area contributed by atoms with Gasteiger partial charge in [0.25, 0.3) is 5.91 Å². The minimum Gasteiger partial charge on any atom is -0.496 e. The van der Waals surface area contributed by atoms with Crippen molar-refractivity contribution in [2.75, 3.05) is 13.7 Å². The highest BCUT2D eigenvalue weighted by molar-refractivity contribution is 5.94. The summed E-state index contributed by atoms with van der Waals surface area (Å²) in [7, 11) is 1.66. The summed E-state index contributed by atoms with van der Waals surface area (Å²) in [6.45, 7) is 5.70. The molecule has 1 fully saturated rings. The number of hydrogen-bond acceptors (Lipinski definition) is 3. The van der Waals surface area contributed by atoms with E-state index >= 15 is 0 Å². The molecule has 0 radical (unpaired) electrons. The molecule has 0 spiro atoms. The lowest BCUT2D eigenvalue weighted by Crippen LogP contribution is -2.25. The normalized spacial score (nSPS) is 13.7. The number of unbranched alkanes of at least 4 members (excludes halogenated alkanes) is 1. The van der Waals surface area contributed by atoms with Gasteiger partial charge in [0, 0.05) is 18.8 Å². The first-order valence-electron chi connectivity index (χ1n) is 9.14. The Hall–Kier alpha value is -2.30. The zero-order valence-corrected chi connectivity index (χ0v) is 15.3. The molecule has 0 aliphatic heterocycles. The van der Waals surface area contributed by atoms with Gasteiger partial charge in [0.1, 0.15) is 17.3 Å². The molecule has 1 aliphatic rings. The first kappa shape index (κ1) is 17.5. The summed E-state index contributed by atoms with van der Waals surface area (Å²) in [6, 6.07) is 7.86. The second kappa shape index (κ2) is 7.72. The van der Waals surface area contributed by atoms with Crippen molar-refractivity contribution in [1.29, 1.82) is 0 Å². The molecule has 134 valence electrons. The van der Waals surface area contributed by atoms with E-state index in [1.54, 1.807) is 7.11 Å². The van der Waals surface area contributed by atoms with Gasteiger partial charge in [-0.3, -0.25) is 4.79 Å². The van der Waals surface area contributed by atoms with Gasteiger partial charge in [-0.1, -0.05) is 25.5 Å². The van der Waals surface area contributed by atoms with Gasteiger partial charge >= 0.3 is 0 Å². The van der Waals surface area contributed by atoms with Gasteiger partial charge in [0.2, 0.25) is 0 Å². The molecule has 5 heteroatoms. The summed E-state index contributed by atoms with van der Waals surface area (Å²) in [5.74, 6) is 2.21. The van der Waals surface area contributed by atoms with E-state index in [1.807, 2.05) is 31.2 Å². The standard InChI is InChI=1S/C20H27N3O2/c1-4-5-12-21-20(24)18-14(2)23(13-15-10-11-15)19(22-18)16-8-6-7-9-17(16)25-3/h6-9,15H,4-5,10-13H2,1-3H3,(H,21,24). The Bertz CT molecular complexity index is 747. The van der Waals surface area contributed by atoms with Crippen molar-refractivity contribution in [1.82, 2.24) is 14.9 Å². The number of benzene rings is 1. The number of carbonyl (C=O) groups excluding carboxylic acids is 1. The highest BCUT2D eigenvalue weighted by atomic mass is 16.5. The van der Waals surface area contributed by atoms with Gasteiger partial charge in [-0.25, -0.2) is 4.98 Å². The molecule has 0 unspecified atom stereocenters. The molecule has 3 rings (SSSR count). The van der Waals surface area contributed by atoms with Gasteiger partial charge < -0.3 is 14.6 Å². The number of aromatic nitrogens is 2. The van der Waals surface area contributed by atoms with Gasteiger partial charge in [0.05, 0.1) is 12.7 Å². The highest BCUT2D eigenvalue weighted by Gasteiger charge is 2.27. The summed E-state index contributed by atoms with van der Waals surface area (Å²) in [5.41, 5.74) is 2.39. The van der Waals surface area contributed by atoms with E-state index < -0.39 is 0 Å². The Labute approximate surface area is 149 Å². The van der Waals surface area contributed by atoms with Crippen LogP contribution >= 0.6 is 0 Å². The maximum absolute atomic E-state index is 12.6. The minimum atomic E-state index is -0.0864. The van der Waals surface area contributed by atoms with Crippen LogP contribution in [0.25, 0.3) is 11.4 Å². The molecule has 1 saturated carbocycles. The number of amides is 1. The zero-order chi connectivity index (χ0) is 17.8. The molecule has 25 heavy (non-hydrogen) atoms. The predicted molar refractivity (Wildman–Crippen MR) is 98.9 cm³/mol. The Kier molecular flexibility index (Phi) is 5.41. The Balaban J connectivity index is 1.98. The summed E-state index contributed by atoms with van der Waals surface area (Å²) in [4.78, 5) is 17.3. The van der Waals surface area contributed by atoms with Crippen LogP contribution in [-0.2, 0) is 6.54 Å². The number of rotatable bonds is 8. The highest BCUT2D eigenvalue weighted by Crippen LogP contribution is 2.36. The molecule has 1 amide bonds. The van der Waals surface area contributed by atoms with Gasteiger partial charge in [0.15, 0.2) is 0 Å². The molecular weight excluding hydrogens is 314 g/mol. The number of nitrogens with one attached hydrogen (secondary N) is 1. The predicted octanol–water partition coefficient (Wildman–Crippen LogP) is 3.81. The van der Waals surface area contributed by atoms with Crippen molar-refractivity contribution in [3.05, 3.63) is 35.7 Å². The van der Waals surface area contributed by atoms with E-state index in [1.165, 1.54) is 12.8 Å². The van der Waals surface area contributed by atoms with Crippen LogP contribution in [0.15, 0.2) is 24.3 Å². The molecule has 0 atom stereocenters. The lowest BCUT2D eigenvalue weighted by Gasteiger charge is -2.12. The molecule has 0 bridgehead atoms. The van der Waals surface area contributed by atoms with Crippen molar-refractivity contribution >= 4 is 5.91 Å². The molecule has 1 N–H and O–H groups in total. The third-order valence-electron chi connectivity index (χ3n) is 4.74. The fourth-order valence-electron chi connectivity index (χ4n) is 3.03. The third-order valence-corrected chi connectivity index (χ3v) is 4.74. The number of methoxy groups -OCH3 is 1. The van der Waals surface area contributed by atoms with Crippen LogP contribution in [-0.4, -0.2) is 29.1 Å². The van der Waals surface area contributed by atoms with Crippen LogP contribution < -0.4 is 10.1 Å². The number of hydrogen-bond donors (Lipinski definition) is 1. The Morgan fingerprint density at radius 1 is 1.36 bits per heavy atom. The number of para-hydroxylation sites is 1. The van der Waals surface area contributed by atoms with E-state index in [0.29, 0.717) is 18.2 Å². The van der Waals surface area contributed by atoms with Crippen LogP contribution in [0.2, 0.25) is 0 Å². The average molecular weight is 341 g/mol. The van der Waals surface area contributed by atoms with Gasteiger partial charge in [-0.05, 0) is 44.2 Å². The van der Waals surface area contributed by atoms with E-state index in [0.717, 1.165) is 42.2 Å². The molecule has 1 aliphatic carbocycles. The lowest BCUT2D eigenvalue weighted by molar-refractivity contribution is 0.0948. The largest absolute Gasteiger partial charge is 0.496 e. The van der Waals surface area contributed by atoms with Crippen LogP contribution in [0.3, 0.4) is 0 Å². The molecule has 1 aromatic heterocycles. The van der Waals surface area contributed by atoms with Crippen molar-refractivity contribution in [2.24, 2.45) is 5.92 Å². The number of ether oxygens (including phenoxy) is 1. The number of carbonyl (C=O) groups is 1. The summed E-state index contributed by atoms with van der Waals surface area (Å²) >= 11 is 0. The van der Waals surface area contributed by atoms with E-state index in [2.05, 4.69) is 16.8 Å². The average Bonchev–Trinajstić information content (AvgIpc) is 3.39. The quantitative estimate of drug-likeness (QED) is 0.743. The summed E-state index contributed by atoms with van der Waals surface area (Å²) < 4.78 is 7.70. The van der Waals surface area contributed by atoms with Crippen LogP contribution in [0.5, 0.6) is 5.75 Å². The first-order chi connectivity index (χ1) is 12.2. The second-order valence-electron chi connectivity index (χ2n) is 6.73. The van der Waals surface area contributed by atoms with Crippen molar-refractivity contribution < 1.29 is 9.53 Å². The first-order valence-corrected chi connectivity index (χ1v) is 9.14. The van der Waals surface area contributed by atoms with Crippen LogP contribution in [0, 0.1) is 12.8 Å². The maximum Gasteiger partial charge on any atom is 0.271 e. The second-order valence-corrected chi connectivity index (χ2v) is 6.73. The SMILES string of the molecule is CCCCNC(=O)c1nc(-c2ccccc2OC)n(CC2CC2)c1C. The lowest BCUT2D eigenvalue weighted by atomic mass is 10.2. The van der Waals surface area contributed by atoms with Gasteiger partial charge in [-0.15, -0.1) is 0 Å². The number of nitrogens with zero attached hydrogens (tertiary/aromatic N) is 2. The molecule has 2 aromatic rings. The van der Waals surface area contributed by atoms with Crippen molar-refractivity contribution in [3.8, 4) is 17.1 Å². The van der Waals surface area contributed by atoms with Crippen molar-refractivity contribution in [2.45, 2.75) is 46.1 Å². The fourth-order valence-corrected chi connectivity index (χ4v) is 3.03. The minimum absolute atomic E-state index is 0.0864. The molecule has 1 aromatic carbocycles. The molecule has 5 nitrogen and oxygen atoms in total. The van der Waals surface area contributed by atoms with E-state index in [4.69, 9.17) is 9.72 Å². The monoisotopic (exact) mass is 341 g/mol. The Morgan fingerprint density at radius 3 is 2.80 bits per heavy atom. The zero-order valence-electron chi connectivity index (χ0n) is 15.3. The van der Waals surface area contributed by atoms with Crippen molar-refractivity contribution in [3.63, 3.8) is 0 Å². The summed E-state index contributed by atoms with van der Waals surface area (Å²) in [5, 5.41) is 2.98. The topological polar surface area (TPSA) is 56.1 Å². The fraction of sp³-hybridized carbons (Fsp3) is 0.500. The third kappa shape index (κ3) is 3.86. The number of imidazole rings is 1. The maximum atomic E-state index is 12.6. The van der Waals surface area contributed by atoms with E-state index in [9.17, 15) is 4.79 Å². The smallest absolute Gasteiger partial charge is 0.271 e.